The number of para-hydroxylation sites is 2. The van der Waals surface area contributed by atoms with E-state index >= 15 is 0 Å². The minimum absolute atomic E-state index is 0.598. The average molecular weight is 716 g/mol. The van der Waals surface area contributed by atoms with Crippen LogP contribution in [0.2, 0.25) is 0 Å². The maximum absolute atomic E-state index is 6.48. The zero-order chi connectivity index (χ0) is 36.8. The number of benzene rings is 9. The molecule has 56 heavy (non-hydrogen) atoms. The summed E-state index contributed by atoms with van der Waals surface area (Å²) < 4.78 is 13.0. The maximum Gasteiger partial charge on any atom is 0.137 e. The van der Waals surface area contributed by atoms with E-state index < -0.39 is 5.41 Å². The van der Waals surface area contributed by atoms with Gasteiger partial charge in [0.2, 0.25) is 0 Å². The molecule has 11 aromatic rings. The molecule has 12 rings (SSSR count). The fourth-order valence-corrected chi connectivity index (χ4v) is 9.58. The Morgan fingerprint density at radius 1 is 0.339 bits per heavy atom. The first-order chi connectivity index (χ1) is 27.8. The zero-order valence-electron chi connectivity index (χ0n) is 30.3. The molecule has 0 spiro atoms. The van der Waals surface area contributed by atoms with Gasteiger partial charge in [-0.1, -0.05) is 140 Å². The third-order valence-electron chi connectivity index (χ3n) is 11.9. The van der Waals surface area contributed by atoms with Crippen molar-refractivity contribution in [3.8, 4) is 11.1 Å². The van der Waals surface area contributed by atoms with Crippen LogP contribution in [0.1, 0.15) is 22.3 Å². The molecule has 262 valence electrons. The molecule has 0 saturated heterocycles. The maximum atomic E-state index is 6.48. The van der Waals surface area contributed by atoms with Crippen LogP contribution in [-0.4, -0.2) is 0 Å². The first-order valence-electron chi connectivity index (χ1n) is 19.2. The van der Waals surface area contributed by atoms with Crippen molar-refractivity contribution in [1.29, 1.82) is 0 Å². The lowest BCUT2D eigenvalue weighted by Gasteiger charge is -2.42. The van der Waals surface area contributed by atoms with E-state index in [4.69, 9.17) is 8.83 Å². The summed E-state index contributed by atoms with van der Waals surface area (Å²) >= 11 is 0. The molecule has 3 heteroatoms. The van der Waals surface area contributed by atoms with Gasteiger partial charge in [0.05, 0.1) is 5.41 Å². The summed E-state index contributed by atoms with van der Waals surface area (Å²) in [6.07, 6.45) is 0. The molecule has 3 nitrogen and oxygen atoms in total. The Bertz CT molecular complexity index is 3220. The predicted molar refractivity (Wildman–Crippen MR) is 230 cm³/mol. The lowest BCUT2D eigenvalue weighted by atomic mass is 9.59. The molecule has 2 aromatic heterocycles. The van der Waals surface area contributed by atoms with Gasteiger partial charge in [-0.25, -0.2) is 0 Å². The molecule has 0 radical (unpaired) electrons. The highest BCUT2D eigenvalue weighted by Gasteiger charge is 2.44. The first-order valence-corrected chi connectivity index (χ1v) is 19.2. The second-order valence-corrected chi connectivity index (χ2v) is 14.8. The van der Waals surface area contributed by atoms with Gasteiger partial charge in [-0.05, 0) is 92.7 Å². The quantitative estimate of drug-likeness (QED) is 0.178. The van der Waals surface area contributed by atoms with E-state index in [2.05, 4.69) is 181 Å². The van der Waals surface area contributed by atoms with Crippen LogP contribution in [0.25, 0.3) is 65.8 Å². The fourth-order valence-electron chi connectivity index (χ4n) is 9.58. The first kappa shape index (κ1) is 31.0. The van der Waals surface area contributed by atoms with Crippen LogP contribution >= 0.6 is 0 Å². The molecule has 0 saturated carbocycles. The number of rotatable bonds is 5. The number of furan rings is 2. The molecule has 1 unspecified atom stereocenters. The summed E-state index contributed by atoms with van der Waals surface area (Å²) in [5, 5.41) is 6.96. The lowest BCUT2D eigenvalue weighted by Crippen LogP contribution is -2.34. The SMILES string of the molecule is c1ccc(C2(c3cccc(N(c4ccc5c(c4)oc4ccccc45)c4ccc5c(c4)oc4ccccc45)c3)c3ccccc3-c3cccc4cccc2c34)cc1. The molecule has 0 aliphatic heterocycles. The normalized spacial score (nSPS) is 14.9. The van der Waals surface area contributed by atoms with E-state index in [0.717, 1.165) is 60.9 Å². The highest BCUT2D eigenvalue weighted by atomic mass is 16.3. The molecule has 9 aromatic carbocycles. The van der Waals surface area contributed by atoms with Gasteiger partial charge in [0.1, 0.15) is 22.3 Å². The highest BCUT2D eigenvalue weighted by Crippen LogP contribution is 2.56. The van der Waals surface area contributed by atoms with E-state index in [-0.39, 0.29) is 0 Å². The van der Waals surface area contributed by atoms with Gasteiger partial charge >= 0.3 is 0 Å². The molecular formula is C53H33NO2. The van der Waals surface area contributed by atoms with Crippen molar-refractivity contribution >= 4 is 71.7 Å². The number of hydrogen-bond acceptors (Lipinski definition) is 3. The molecule has 1 atom stereocenters. The Morgan fingerprint density at radius 3 is 1.57 bits per heavy atom. The summed E-state index contributed by atoms with van der Waals surface area (Å²) in [6.45, 7) is 0. The van der Waals surface area contributed by atoms with Crippen molar-refractivity contribution in [3.63, 3.8) is 0 Å². The largest absolute Gasteiger partial charge is 0.456 e. The number of fused-ring (bicyclic) bond motifs is 8. The monoisotopic (exact) mass is 715 g/mol. The van der Waals surface area contributed by atoms with E-state index in [1.54, 1.807) is 0 Å². The lowest BCUT2D eigenvalue weighted by molar-refractivity contribution is 0.669. The summed E-state index contributed by atoms with van der Waals surface area (Å²) in [5.74, 6) is 0. The number of hydrogen-bond donors (Lipinski definition) is 0. The fraction of sp³-hybridized carbons (Fsp3) is 0.0189. The van der Waals surface area contributed by atoms with Crippen molar-refractivity contribution in [2.75, 3.05) is 4.90 Å². The van der Waals surface area contributed by atoms with Crippen molar-refractivity contribution in [2.24, 2.45) is 0 Å². The molecule has 0 bridgehead atoms. The van der Waals surface area contributed by atoms with Gasteiger partial charge in [0, 0.05) is 50.7 Å². The van der Waals surface area contributed by atoms with E-state index in [9.17, 15) is 0 Å². The Morgan fingerprint density at radius 2 is 0.857 bits per heavy atom. The summed E-state index contributed by atoms with van der Waals surface area (Å²) in [5.41, 5.74) is 13.4. The molecule has 0 N–H and O–H groups in total. The van der Waals surface area contributed by atoms with Gasteiger partial charge < -0.3 is 13.7 Å². The molecular weight excluding hydrogens is 683 g/mol. The van der Waals surface area contributed by atoms with Crippen LogP contribution < -0.4 is 4.90 Å². The average Bonchev–Trinajstić information content (AvgIpc) is 3.82. The second-order valence-electron chi connectivity index (χ2n) is 14.8. The van der Waals surface area contributed by atoms with Gasteiger partial charge in [-0.3, -0.25) is 0 Å². The predicted octanol–water partition coefficient (Wildman–Crippen LogP) is 14.5. The molecule has 1 aliphatic rings. The molecule has 1 aliphatic carbocycles. The van der Waals surface area contributed by atoms with Crippen molar-refractivity contribution < 1.29 is 8.83 Å². The van der Waals surface area contributed by atoms with Crippen molar-refractivity contribution in [3.05, 3.63) is 222 Å². The van der Waals surface area contributed by atoms with Gasteiger partial charge in [0.25, 0.3) is 0 Å². The standard InChI is InChI=1S/C53H33NO2/c1-2-15-35(16-3-1)53(46-23-7-4-19-40(46)45-22-10-13-34-14-11-24-47(53)52(34)45)36-17-12-18-37(31-36)54(38-27-29-43-41-20-5-8-25-48(41)55-50(43)32-38)39-28-30-44-42-21-6-9-26-49(42)56-51(44)33-39/h1-33H. The minimum atomic E-state index is -0.598. The van der Waals surface area contributed by atoms with E-state index in [0.29, 0.717) is 0 Å². The Hall–Kier alpha value is -7.36. The molecule has 0 amide bonds. The van der Waals surface area contributed by atoms with Crippen LogP contribution in [0.15, 0.2) is 209 Å². The van der Waals surface area contributed by atoms with Crippen molar-refractivity contribution in [1.82, 2.24) is 0 Å². The minimum Gasteiger partial charge on any atom is -0.456 e. The van der Waals surface area contributed by atoms with Gasteiger partial charge in [-0.2, -0.15) is 0 Å². The Labute approximate surface area is 323 Å². The molecule has 0 fully saturated rings. The van der Waals surface area contributed by atoms with E-state index in [1.165, 1.54) is 44.2 Å². The number of anilines is 3. The summed E-state index contributed by atoms with van der Waals surface area (Å²) in [4.78, 5) is 2.34. The Kier molecular flexibility index (Phi) is 6.55. The topological polar surface area (TPSA) is 29.5 Å². The third-order valence-corrected chi connectivity index (χ3v) is 11.9. The van der Waals surface area contributed by atoms with Crippen LogP contribution in [-0.2, 0) is 5.41 Å². The van der Waals surface area contributed by atoms with Crippen LogP contribution in [0.3, 0.4) is 0 Å². The summed E-state index contributed by atoms with van der Waals surface area (Å²) in [6, 6.07) is 72.3. The van der Waals surface area contributed by atoms with E-state index in [1.807, 2.05) is 24.3 Å². The third kappa shape index (κ3) is 4.34. The van der Waals surface area contributed by atoms with Crippen LogP contribution in [0.5, 0.6) is 0 Å². The van der Waals surface area contributed by atoms with Crippen LogP contribution in [0, 0.1) is 0 Å². The smallest absolute Gasteiger partial charge is 0.137 e. The molecule has 2 heterocycles. The Balaban J connectivity index is 1.14. The van der Waals surface area contributed by atoms with Gasteiger partial charge in [-0.15, -0.1) is 0 Å². The summed E-state index contributed by atoms with van der Waals surface area (Å²) in [7, 11) is 0. The zero-order valence-corrected chi connectivity index (χ0v) is 30.3. The van der Waals surface area contributed by atoms with Gasteiger partial charge in [0.15, 0.2) is 0 Å². The van der Waals surface area contributed by atoms with Crippen molar-refractivity contribution in [2.45, 2.75) is 5.41 Å². The van der Waals surface area contributed by atoms with Crippen LogP contribution in [0.4, 0.5) is 17.1 Å². The number of nitrogens with zero attached hydrogens (tertiary/aromatic N) is 1. The second kappa shape index (κ2) is 11.8. The highest BCUT2D eigenvalue weighted by molar-refractivity contribution is 6.08.